The summed E-state index contributed by atoms with van der Waals surface area (Å²) in [5, 5.41) is 4.06. The minimum Gasteiger partial charge on any atom is -0.460 e. The zero-order valence-electron chi connectivity index (χ0n) is 7.50. The molecule has 1 heterocycles. The van der Waals surface area contributed by atoms with Crippen LogP contribution in [-0.2, 0) is 0 Å². The zero-order valence-corrected chi connectivity index (χ0v) is 8.31. The summed E-state index contributed by atoms with van der Waals surface area (Å²) >= 11 is 4.60. The number of furan rings is 1. The van der Waals surface area contributed by atoms with Gasteiger partial charge in [0, 0.05) is 0 Å². The molecular weight excluding hydrogens is 186 g/mol. The molecule has 3 N–H and O–H groups in total. The highest BCUT2D eigenvalue weighted by Gasteiger charge is 2.01. The summed E-state index contributed by atoms with van der Waals surface area (Å²) in [4.78, 5) is 0. The third-order valence-electron chi connectivity index (χ3n) is 1.43. The lowest BCUT2D eigenvalue weighted by Gasteiger charge is -1.97. The number of nitrogens with zero attached hydrogens (tertiary/aromatic N) is 1. The van der Waals surface area contributed by atoms with Crippen LogP contribution in [0.4, 0.5) is 0 Å². The molecule has 1 aromatic heterocycles. The van der Waals surface area contributed by atoms with Gasteiger partial charge < -0.3 is 10.2 Å². The highest BCUT2D eigenvalue weighted by atomic mass is 32.1. The number of hydrogen-bond acceptors (Lipinski definition) is 3. The van der Waals surface area contributed by atoms with Gasteiger partial charge in [0.2, 0.25) is 0 Å². The van der Waals surface area contributed by atoms with Crippen LogP contribution in [0, 0.1) is 6.92 Å². The van der Waals surface area contributed by atoms with Crippen molar-refractivity contribution >= 4 is 23.0 Å². The Labute approximate surface area is 81.8 Å². The van der Waals surface area contributed by atoms with Crippen LogP contribution in [0.5, 0.6) is 0 Å². The molecule has 0 aromatic carbocycles. The van der Waals surface area contributed by atoms with E-state index in [1.165, 1.54) is 0 Å². The molecule has 1 aromatic rings. The fourth-order valence-electron chi connectivity index (χ4n) is 0.823. The minimum absolute atomic E-state index is 0.141. The molecule has 1 rings (SSSR count). The van der Waals surface area contributed by atoms with Gasteiger partial charge in [0.05, 0.1) is 0 Å². The van der Waals surface area contributed by atoms with Gasteiger partial charge in [-0.1, -0.05) is 0 Å². The van der Waals surface area contributed by atoms with E-state index in [2.05, 4.69) is 22.7 Å². The third kappa shape index (κ3) is 2.87. The van der Waals surface area contributed by atoms with Gasteiger partial charge in [-0.2, -0.15) is 5.10 Å². The molecule has 4 nitrogen and oxygen atoms in total. The molecule has 0 aliphatic heterocycles. The maximum Gasteiger partial charge on any atom is 0.184 e. The normalized spacial score (nSPS) is 11.4. The zero-order chi connectivity index (χ0) is 9.84. The van der Waals surface area contributed by atoms with E-state index >= 15 is 0 Å². The van der Waals surface area contributed by atoms with E-state index in [1.807, 2.05) is 26.0 Å². The monoisotopic (exact) mass is 197 g/mol. The van der Waals surface area contributed by atoms with Crippen LogP contribution >= 0.6 is 12.2 Å². The molecule has 0 unspecified atom stereocenters. The first-order valence-electron chi connectivity index (χ1n) is 3.76. The standard InChI is InChI=1S/C8H11N3OS/c1-5-3-4-7(12-5)6(2)10-11-8(9)13/h3-4H,1-2H3,(H3,9,11,13)/b10-6-. The number of hydrogen-bond donors (Lipinski definition) is 2. The molecule has 0 fully saturated rings. The first kappa shape index (κ1) is 9.73. The van der Waals surface area contributed by atoms with Crippen molar-refractivity contribution < 1.29 is 4.42 Å². The molecule has 70 valence electrons. The quantitative estimate of drug-likeness (QED) is 0.424. The van der Waals surface area contributed by atoms with Crippen LogP contribution in [0.1, 0.15) is 18.4 Å². The van der Waals surface area contributed by atoms with Crippen molar-refractivity contribution in [3.63, 3.8) is 0 Å². The molecule has 5 heteroatoms. The van der Waals surface area contributed by atoms with E-state index in [-0.39, 0.29) is 5.11 Å². The van der Waals surface area contributed by atoms with E-state index in [1.54, 1.807) is 0 Å². The summed E-state index contributed by atoms with van der Waals surface area (Å²) in [6.45, 7) is 3.68. The Morgan fingerprint density at radius 1 is 1.62 bits per heavy atom. The SMILES string of the molecule is C/C(=N/NC(N)=S)c1ccc(C)o1. The summed E-state index contributed by atoms with van der Waals surface area (Å²) in [6, 6.07) is 3.71. The van der Waals surface area contributed by atoms with Gasteiger partial charge in [0.25, 0.3) is 0 Å². The molecule has 0 amide bonds. The molecule has 0 aliphatic rings. The van der Waals surface area contributed by atoms with Crippen molar-refractivity contribution in [2.45, 2.75) is 13.8 Å². The molecular formula is C8H11N3OS. The number of nitrogens with two attached hydrogens (primary N) is 1. The highest BCUT2D eigenvalue weighted by molar-refractivity contribution is 7.80. The van der Waals surface area contributed by atoms with Gasteiger partial charge in [-0.15, -0.1) is 0 Å². The summed E-state index contributed by atoms with van der Waals surface area (Å²) < 4.78 is 5.32. The summed E-state index contributed by atoms with van der Waals surface area (Å²) in [5.74, 6) is 1.56. The molecule has 13 heavy (non-hydrogen) atoms. The summed E-state index contributed by atoms with van der Waals surface area (Å²) in [7, 11) is 0. The van der Waals surface area contributed by atoms with Crippen molar-refractivity contribution in [3.8, 4) is 0 Å². The lowest BCUT2D eigenvalue weighted by atomic mass is 10.3. The second kappa shape index (κ2) is 4.04. The van der Waals surface area contributed by atoms with Crippen LogP contribution in [-0.4, -0.2) is 10.8 Å². The van der Waals surface area contributed by atoms with Crippen LogP contribution in [0.15, 0.2) is 21.7 Å². The Bertz CT molecular complexity index is 343. The first-order chi connectivity index (χ1) is 6.09. The van der Waals surface area contributed by atoms with Crippen molar-refractivity contribution in [1.29, 1.82) is 0 Å². The Balaban J connectivity index is 2.72. The maximum atomic E-state index is 5.32. The average molecular weight is 197 g/mol. The van der Waals surface area contributed by atoms with Crippen molar-refractivity contribution in [3.05, 3.63) is 23.7 Å². The van der Waals surface area contributed by atoms with Crippen LogP contribution in [0.3, 0.4) is 0 Å². The van der Waals surface area contributed by atoms with Crippen molar-refractivity contribution in [2.24, 2.45) is 10.8 Å². The van der Waals surface area contributed by atoms with E-state index in [4.69, 9.17) is 10.2 Å². The smallest absolute Gasteiger partial charge is 0.184 e. The Kier molecular flexibility index (Phi) is 3.02. The number of nitrogens with one attached hydrogen (secondary N) is 1. The van der Waals surface area contributed by atoms with Crippen LogP contribution in [0.25, 0.3) is 0 Å². The topological polar surface area (TPSA) is 63.5 Å². The average Bonchev–Trinajstić information content (AvgIpc) is 2.47. The van der Waals surface area contributed by atoms with E-state index < -0.39 is 0 Å². The lowest BCUT2D eigenvalue weighted by molar-refractivity contribution is 0.525. The van der Waals surface area contributed by atoms with E-state index in [9.17, 15) is 0 Å². The number of aryl methyl sites for hydroxylation is 1. The Morgan fingerprint density at radius 2 is 2.31 bits per heavy atom. The molecule has 0 radical (unpaired) electrons. The van der Waals surface area contributed by atoms with Crippen molar-refractivity contribution in [1.82, 2.24) is 5.43 Å². The molecule has 0 saturated heterocycles. The molecule has 0 bridgehead atoms. The predicted octanol–water partition coefficient (Wildman–Crippen LogP) is 1.15. The predicted molar refractivity (Wildman–Crippen MR) is 55.6 cm³/mol. The van der Waals surface area contributed by atoms with Gasteiger partial charge in [0.1, 0.15) is 17.2 Å². The molecule has 0 spiro atoms. The van der Waals surface area contributed by atoms with Crippen molar-refractivity contribution in [2.75, 3.05) is 0 Å². The third-order valence-corrected chi connectivity index (χ3v) is 1.52. The summed E-state index contributed by atoms with van der Waals surface area (Å²) in [5.41, 5.74) is 8.41. The fourth-order valence-corrected chi connectivity index (χ4v) is 0.869. The lowest BCUT2D eigenvalue weighted by Crippen LogP contribution is -2.25. The number of thiocarbonyl (C=S) groups is 1. The first-order valence-corrected chi connectivity index (χ1v) is 4.17. The fraction of sp³-hybridized carbons (Fsp3) is 0.250. The number of rotatable bonds is 2. The number of hydrazone groups is 1. The van der Waals surface area contributed by atoms with Crippen LogP contribution in [0.2, 0.25) is 0 Å². The largest absolute Gasteiger partial charge is 0.460 e. The minimum atomic E-state index is 0.141. The molecule has 0 atom stereocenters. The van der Waals surface area contributed by atoms with Gasteiger partial charge in [-0.25, -0.2) is 0 Å². The van der Waals surface area contributed by atoms with Gasteiger partial charge in [0.15, 0.2) is 5.11 Å². The van der Waals surface area contributed by atoms with Crippen LogP contribution < -0.4 is 11.2 Å². The van der Waals surface area contributed by atoms with Gasteiger partial charge in [-0.05, 0) is 38.2 Å². The molecule has 0 aliphatic carbocycles. The molecule has 0 saturated carbocycles. The highest BCUT2D eigenvalue weighted by Crippen LogP contribution is 2.06. The van der Waals surface area contributed by atoms with Gasteiger partial charge in [-0.3, -0.25) is 5.43 Å². The second-order valence-corrected chi connectivity index (χ2v) is 3.02. The maximum absolute atomic E-state index is 5.32. The second-order valence-electron chi connectivity index (χ2n) is 2.58. The van der Waals surface area contributed by atoms with E-state index in [0.717, 1.165) is 5.76 Å². The van der Waals surface area contributed by atoms with E-state index in [0.29, 0.717) is 11.5 Å². The Morgan fingerprint density at radius 3 is 2.77 bits per heavy atom. The Hall–Kier alpha value is -1.36. The summed E-state index contributed by atoms with van der Waals surface area (Å²) in [6.07, 6.45) is 0. The van der Waals surface area contributed by atoms with Gasteiger partial charge >= 0.3 is 0 Å².